The van der Waals surface area contributed by atoms with Crippen LogP contribution in [-0.2, 0) is 11.3 Å². The van der Waals surface area contributed by atoms with E-state index >= 15 is 0 Å². The summed E-state index contributed by atoms with van der Waals surface area (Å²) in [7, 11) is 0. The summed E-state index contributed by atoms with van der Waals surface area (Å²) in [6.07, 6.45) is 1.76. The van der Waals surface area contributed by atoms with Gasteiger partial charge in [0.2, 0.25) is 0 Å². The molecular weight excluding hydrogens is 253 g/mol. The van der Waals surface area contributed by atoms with Crippen LogP contribution in [-0.4, -0.2) is 23.8 Å². The zero-order valence-corrected chi connectivity index (χ0v) is 11.2. The first-order valence-electron chi connectivity index (χ1n) is 6.23. The summed E-state index contributed by atoms with van der Waals surface area (Å²) in [6.45, 7) is 3.95. The van der Waals surface area contributed by atoms with E-state index in [9.17, 15) is 9.18 Å². The Kier molecular flexibility index (Phi) is 4.36. The maximum Gasteiger partial charge on any atom is 0.133 e. The van der Waals surface area contributed by atoms with Crippen LogP contribution in [0.15, 0.2) is 18.2 Å². The molecule has 1 heterocycles. The molecule has 0 spiro atoms. The number of nitrogens with zero attached hydrogens (tertiary/aromatic N) is 1. The van der Waals surface area contributed by atoms with Crippen LogP contribution in [0.1, 0.15) is 25.3 Å². The van der Waals surface area contributed by atoms with Crippen molar-refractivity contribution in [3.63, 3.8) is 0 Å². The second kappa shape index (κ2) is 5.81. The highest BCUT2D eigenvalue weighted by Gasteiger charge is 2.22. The summed E-state index contributed by atoms with van der Waals surface area (Å²) in [4.78, 5) is 13.4. The van der Waals surface area contributed by atoms with Gasteiger partial charge in [-0.25, -0.2) is 4.39 Å². The normalized spacial score (nSPS) is 17.9. The van der Waals surface area contributed by atoms with Crippen LogP contribution in [0.25, 0.3) is 0 Å². The van der Waals surface area contributed by atoms with E-state index in [-0.39, 0.29) is 17.5 Å². The third-order valence-electron chi connectivity index (χ3n) is 3.57. The molecule has 1 fully saturated rings. The SMILES string of the molecule is CC(=O)C1CCN(Cc2ccc(Cl)cc2F)CC1. The van der Waals surface area contributed by atoms with E-state index in [2.05, 4.69) is 4.90 Å². The van der Waals surface area contributed by atoms with Crippen molar-refractivity contribution < 1.29 is 9.18 Å². The second-order valence-electron chi connectivity index (χ2n) is 4.90. The lowest BCUT2D eigenvalue weighted by Gasteiger charge is -2.30. The molecule has 1 aromatic rings. The van der Waals surface area contributed by atoms with Gasteiger partial charge in [0.15, 0.2) is 0 Å². The molecule has 18 heavy (non-hydrogen) atoms. The molecule has 0 radical (unpaired) electrons. The first-order chi connectivity index (χ1) is 8.56. The predicted octanol–water partition coefficient (Wildman–Crippen LogP) is 3.28. The van der Waals surface area contributed by atoms with Crippen LogP contribution < -0.4 is 0 Å². The monoisotopic (exact) mass is 269 g/mol. The van der Waals surface area contributed by atoms with E-state index < -0.39 is 0 Å². The van der Waals surface area contributed by atoms with Crippen LogP contribution in [0.2, 0.25) is 5.02 Å². The van der Waals surface area contributed by atoms with Gasteiger partial charge in [-0.2, -0.15) is 0 Å². The lowest BCUT2D eigenvalue weighted by atomic mass is 9.93. The zero-order chi connectivity index (χ0) is 13.1. The largest absolute Gasteiger partial charge is 0.300 e. The Balaban J connectivity index is 1.93. The quantitative estimate of drug-likeness (QED) is 0.839. The van der Waals surface area contributed by atoms with E-state index in [0.717, 1.165) is 25.9 Å². The van der Waals surface area contributed by atoms with Gasteiger partial charge in [-0.05, 0) is 45.0 Å². The maximum absolute atomic E-state index is 13.6. The van der Waals surface area contributed by atoms with Crippen LogP contribution in [0.5, 0.6) is 0 Å². The summed E-state index contributed by atoms with van der Waals surface area (Å²) in [6, 6.07) is 4.79. The molecule has 0 atom stereocenters. The van der Waals surface area contributed by atoms with E-state index in [4.69, 9.17) is 11.6 Å². The molecule has 2 rings (SSSR count). The van der Waals surface area contributed by atoms with Gasteiger partial charge in [0.25, 0.3) is 0 Å². The number of hydrogen-bond donors (Lipinski definition) is 0. The minimum absolute atomic E-state index is 0.191. The topological polar surface area (TPSA) is 20.3 Å². The van der Waals surface area contributed by atoms with Gasteiger partial charge in [-0.3, -0.25) is 9.69 Å². The van der Waals surface area contributed by atoms with Gasteiger partial charge in [0.1, 0.15) is 11.6 Å². The molecule has 4 heteroatoms. The van der Waals surface area contributed by atoms with Crippen LogP contribution in [0.3, 0.4) is 0 Å². The van der Waals surface area contributed by atoms with Crippen LogP contribution in [0.4, 0.5) is 4.39 Å². The first kappa shape index (κ1) is 13.5. The average Bonchev–Trinajstić information content (AvgIpc) is 2.33. The van der Waals surface area contributed by atoms with Gasteiger partial charge in [-0.1, -0.05) is 17.7 Å². The van der Waals surface area contributed by atoms with Crippen molar-refractivity contribution in [3.05, 3.63) is 34.6 Å². The number of Topliss-reactive ketones (excluding diaryl/α,β-unsaturated/α-hetero) is 1. The van der Waals surface area contributed by atoms with Crippen LogP contribution in [0, 0.1) is 11.7 Å². The smallest absolute Gasteiger partial charge is 0.133 e. The number of ketones is 1. The highest BCUT2D eigenvalue weighted by Crippen LogP contribution is 2.21. The lowest BCUT2D eigenvalue weighted by Crippen LogP contribution is -2.35. The number of benzene rings is 1. The Bertz CT molecular complexity index is 441. The highest BCUT2D eigenvalue weighted by molar-refractivity contribution is 6.30. The third kappa shape index (κ3) is 3.30. The van der Waals surface area contributed by atoms with Crippen molar-refractivity contribution in [2.75, 3.05) is 13.1 Å². The van der Waals surface area contributed by atoms with Crippen molar-refractivity contribution in [1.29, 1.82) is 0 Å². The van der Waals surface area contributed by atoms with Crippen molar-refractivity contribution >= 4 is 17.4 Å². The molecule has 0 saturated carbocycles. The number of carbonyl (C=O) groups excluding carboxylic acids is 1. The van der Waals surface area contributed by atoms with E-state index in [1.54, 1.807) is 19.1 Å². The molecule has 0 bridgehead atoms. The molecule has 0 N–H and O–H groups in total. The Morgan fingerprint density at radius 2 is 2.11 bits per heavy atom. The summed E-state index contributed by atoms with van der Waals surface area (Å²) >= 11 is 5.72. The Morgan fingerprint density at radius 1 is 1.44 bits per heavy atom. The number of likely N-dealkylation sites (tertiary alicyclic amines) is 1. The highest BCUT2D eigenvalue weighted by atomic mass is 35.5. The van der Waals surface area contributed by atoms with E-state index in [1.807, 2.05) is 0 Å². The number of piperidine rings is 1. The van der Waals surface area contributed by atoms with Gasteiger partial charge < -0.3 is 0 Å². The Morgan fingerprint density at radius 3 is 2.67 bits per heavy atom. The summed E-state index contributed by atoms with van der Waals surface area (Å²) in [5.41, 5.74) is 0.667. The molecule has 2 nitrogen and oxygen atoms in total. The molecule has 1 aliphatic heterocycles. The number of carbonyl (C=O) groups is 1. The van der Waals surface area contributed by atoms with Crippen molar-refractivity contribution in [3.8, 4) is 0 Å². The molecule has 0 unspecified atom stereocenters. The molecule has 0 amide bonds. The number of halogens is 2. The lowest BCUT2D eigenvalue weighted by molar-refractivity contribution is -0.122. The van der Waals surface area contributed by atoms with Crippen molar-refractivity contribution in [2.45, 2.75) is 26.3 Å². The van der Waals surface area contributed by atoms with Crippen molar-refractivity contribution in [2.24, 2.45) is 5.92 Å². The predicted molar refractivity (Wildman–Crippen MR) is 70.1 cm³/mol. The van der Waals surface area contributed by atoms with E-state index in [1.165, 1.54) is 6.07 Å². The molecule has 1 saturated heterocycles. The second-order valence-corrected chi connectivity index (χ2v) is 5.33. The van der Waals surface area contributed by atoms with Gasteiger partial charge >= 0.3 is 0 Å². The maximum atomic E-state index is 13.6. The fraction of sp³-hybridized carbons (Fsp3) is 0.500. The fourth-order valence-electron chi connectivity index (χ4n) is 2.39. The number of rotatable bonds is 3. The third-order valence-corrected chi connectivity index (χ3v) is 3.81. The van der Waals surface area contributed by atoms with Gasteiger partial charge in [0.05, 0.1) is 0 Å². The standard InChI is InChI=1S/C14H17ClFNO/c1-10(18)11-4-6-17(7-5-11)9-12-2-3-13(15)8-14(12)16/h2-3,8,11H,4-7,9H2,1H3. The Hall–Kier alpha value is -0.930. The molecular formula is C14H17ClFNO. The van der Waals surface area contributed by atoms with Crippen molar-refractivity contribution in [1.82, 2.24) is 4.90 Å². The van der Waals surface area contributed by atoms with Gasteiger partial charge in [0, 0.05) is 23.0 Å². The van der Waals surface area contributed by atoms with Gasteiger partial charge in [-0.15, -0.1) is 0 Å². The first-order valence-corrected chi connectivity index (χ1v) is 6.61. The summed E-state index contributed by atoms with van der Waals surface area (Å²) < 4.78 is 13.6. The summed E-state index contributed by atoms with van der Waals surface area (Å²) in [5.74, 6) is 0.208. The van der Waals surface area contributed by atoms with Crippen LogP contribution >= 0.6 is 11.6 Å². The molecule has 0 aliphatic carbocycles. The zero-order valence-electron chi connectivity index (χ0n) is 10.5. The summed E-state index contributed by atoms with van der Waals surface area (Å²) in [5, 5.41) is 0.423. The molecule has 0 aromatic heterocycles. The molecule has 98 valence electrons. The minimum Gasteiger partial charge on any atom is -0.300 e. The Labute approximate surface area is 112 Å². The fourth-order valence-corrected chi connectivity index (χ4v) is 2.55. The average molecular weight is 270 g/mol. The molecule has 1 aromatic carbocycles. The number of hydrogen-bond acceptors (Lipinski definition) is 2. The minimum atomic E-state index is -0.254. The molecule has 1 aliphatic rings. The van der Waals surface area contributed by atoms with E-state index in [0.29, 0.717) is 17.1 Å².